The summed E-state index contributed by atoms with van der Waals surface area (Å²) in [5.41, 5.74) is 6.51. The van der Waals surface area contributed by atoms with Gasteiger partial charge >= 0.3 is 0 Å². The minimum absolute atomic E-state index is 0.0318. The number of hydrogen-bond donors (Lipinski definition) is 1. The Bertz CT molecular complexity index is 805. The molecule has 0 aliphatic rings. The summed E-state index contributed by atoms with van der Waals surface area (Å²) in [7, 11) is 1.53. The molecule has 0 amide bonds. The van der Waals surface area contributed by atoms with E-state index in [9.17, 15) is 4.39 Å². The Balaban J connectivity index is 2.17. The van der Waals surface area contributed by atoms with Crippen LogP contribution in [0.3, 0.4) is 0 Å². The molecule has 1 aromatic heterocycles. The van der Waals surface area contributed by atoms with Gasteiger partial charge in [-0.2, -0.15) is 0 Å². The van der Waals surface area contributed by atoms with Crippen LogP contribution < -0.4 is 15.2 Å². The van der Waals surface area contributed by atoms with Gasteiger partial charge in [0.05, 0.1) is 7.11 Å². The predicted molar refractivity (Wildman–Crippen MR) is 79.2 cm³/mol. The molecule has 0 spiro atoms. The Morgan fingerprint density at radius 3 is 2.62 bits per heavy atom. The molecule has 2 aromatic carbocycles. The number of fused-ring (bicyclic) bond motifs is 1. The summed E-state index contributed by atoms with van der Waals surface area (Å²) in [5.74, 6) is 0.391. The first-order valence-corrected chi connectivity index (χ1v) is 6.34. The maximum atomic E-state index is 14.2. The van der Waals surface area contributed by atoms with Crippen molar-refractivity contribution in [2.75, 3.05) is 12.8 Å². The molecule has 106 valence electrons. The van der Waals surface area contributed by atoms with E-state index in [1.807, 2.05) is 0 Å². The number of rotatable bonds is 3. The van der Waals surface area contributed by atoms with E-state index in [2.05, 4.69) is 4.98 Å². The Kier molecular flexibility index (Phi) is 3.31. The van der Waals surface area contributed by atoms with Gasteiger partial charge in [-0.05, 0) is 24.3 Å². The highest BCUT2D eigenvalue weighted by Gasteiger charge is 2.15. The predicted octanol–water partition coefficient (Wildman–Crippen LogP) is 3.76. The summed E-state index contributed by atoms with van der Waals surface area (Å²) < 4.78 is 25.1. The minimum Gasteiger partial charge on any atom is -0.493 e. The van der Waals surface area contributed by atoms with Crippen LogP contribution in [0.25, 0.3) is 10.9 Å². The summed E-state index contributed by atoms with van der Waals surface area (Å²) in [6.45, 7) is 0. The maximum absolute atomic E-state index is 14.2. The van der Waals surface area contributed by atoms with Crippen molar-refractivity contribution in [2.45, 2.75) is 0 Å². The zero-order valence-electron chi connectivity index (χ0n) is 11.3. The second kappa shape index (κ2) is 5.28. The molecule has 0 atom stereocenters. The van der Waals surface area contributed by atoms with Crippen LogP contribution in [0.1, 0.15) is 0 Å². The van der Waals surface area contributed by atoms with Crippen LogP contribution in [0, 0.1) is 5.82 Å². The van der Waals surface area contributed by atoms with Gasteiger partial charge in [-0.25, -0.2) is 4.39 Å². The number of para-hydroxylation sites is 2. The first kappa shape index (κ1) is 13.2. The van der Waals surface area contributed by atoms with Crippen LogP contribution in [0.15, 0.2) is 48.7 Å². The SMILES string of the molecule is COc1ccccc1Oc1c(F)cc(N)c2cccnc12. The standard InChI is InChI=1S/C16H13FN2O2/c1-20-13-6-2-3-7-14(13)21-16-11(17)9-12(18)10-5-4-8-19-15(10)16/h2-9H,18H2,1H3. The van der Waals surface area contributed by atoms with E-state index in [4.69, 9.17) is 15.2 Å². The molecular formula is C16H13FN2O2. The first-order chi connectivity index (χ1) is 10.2. The Labute approximate surface area is 120 Å². The molecule has 0 unspecified atom stereocenters. The van der Waals surface area contributed by atoms with E-state index in [-0.39, 0.29) is 5.75 Å². The lowest BCUT2D eigenvalue weighted by atomic mass is 10.1. The van der Waals surface area contributed by atoms with Crippen molar-refractivity contribution in [1.82, 2.24) is 4.98 Å². The zero-order valence-corrected chi connectivity index (χ0v) is 11.3. The second-order valence-electron chi connectivity index (χ2n) is 4.43. The number of methoxy groups -OCH3 is 1. The summed E-state index contributed by atoms with van der Waals surface area (Å²) in [4.78, 5) is 4.17. The number of nitrogen functional groups attached to an aromatic ring is 1. The topological polar surface area (TPSA) is 57.4 Å². The number of nitrogens with zero attached hydrogens (tertiary/aromatic N) is 1. The second-order valence-corrected chi connectivity index (χ2v) is 4.43. The van der Waals surface area contributed by atoms with Crippen molar-refractivity contribution in [3.05, 3.63) is 54.5 Å². The molecule has 0 fully saturated rings. The van der Waals surface area contributed by atoms with Crippen molar-refractivity contribution >= 4 is 16.6 Å². The number of pyridine rings is 1. The smallest absolute Gasteiger partial charge is 0.189 e. The van der Waals surface area contributed by atoms with Gasteiger partial charge in [-0.1, -0.05) is 12.1 Å². The fraction of sp³-hybridized carbons (Fsp3) is 0.0625. The molecule has 2 N–H and O–H groups in total. The number of ether oxygens (including phenoxy) is 2. The highest BCUT2D eigenvalue weighted by atomic mass is 19.1. The molecule has 1 heterocycles. The summed E-state index contributed by atoms with van der Waals surface area (Å²) in [6.07, 6.45) is 1.57. The highest BCUT2D eigenvalue weighted by molar-refractivity contribution is 5.94. The first-order valence-electron chi connectivity index (χ1n) is 6.34. The third-order valence-corrected chi connectivity index (χ3v) is 3.11. The van der Waals surface area contributed by atoms with E-state index in [0.29, 0.717) is 28.1 Å². The average molecular weight is 284 g/mol. The Morgan fingerprint density at radius 1 is 1.10 bits per heavy atom. The molecule has 3 rings (SSSR count). The quantitative estimate of drug-likeness (QED) is 0.744. The molecule has 3 aromatic rings. The van der Waals surface area contributed by atoms with Crippen molar-refractivity contribution in [2.24, 2.45) is 0 Å². The van der Waals surface area contributed by atoms with Crippen LogP contribution in [-0.4, -0.2) is 12.1 Å². The number of halogens is 1. The van der Waals surface area contributed by atoms with Crippen LogP contribution in [0.4, 0.5) is 10.1 Å². The van der Waals surface area contributed by atoms with E-state index < -0.39 is 5.82 Å². The summed E-state index contributed by atoms with van der Waals surface area (Å²) in [5, 5.41) is 0.642. The lowest BCUT2D eigenvalue weighted by Gasteiger charge is -2.13. The largest absolute Gasteiger partial charge is 0.493 e. The van der Waals surface area contributed by atoms with E-state index in [1.165, 1.54) is 13.2 Å². The molecular weight excluding hydrogens is 271 g/mol. The molecule has 0 aliphatic heterocycles. The van der Waals surface area contributed by atoms with Gasteiger partial charge in [0.2, 0.25) is 0 Å². The summed E-state index contributed by atoms with van der Waals surface area (Å²) >= 11 is 0. The number of aromatic nitrogens is 1. The van der Waals surface area contributed by atoms with Crippen molar-refractivity contribution in [3.63, 3.8) is 0 Å². The highest BCUT2D eigenvalue weighted by Crippen LogP contribution is 2.37. The van der Waals surface area contributed by atoms with Crippen LogP contribution in [0.2, 0.25) is 0 Å². The summed E-state index contributed by atoms with van der Waals surface area (Å²) in [6, 6.07) is 11.8. The molecule has 0 bridgehead atoms. The molecule has 21 heavy (non-hydrogen) atoms. The van der Waals surface area contributed by atoms with Gasteiger partial charge in [0.1, 0.15) is 5.52 Å². The van der Waals surface area contributed by atoms with Gasteiger partial charge < -0.3 is 15.2 Å². The fourth-order valence-corrected chi connectivity index (χ4v) is 2.12. The number of nitrogens with two attached hydrogens (primary N) is 1. The minimum atomic E-state index is -0.565. The van der Waals surface area contributed by atoms with Crippen molar-refractivity contribution in [3.8, 4) is 17.2 Å². The fourth-order valence-electron chi connectivity index (χ4n) is 2.12. The molecule has 0 aliphatic carbocycles. The number of anilines is 1. The van der Waals surface area contributed by atoms with Crippen LogP contribution in [-0.2, 0) is 0 Å². The van der Waals surface area contributed by atoms with Crippen LogP contribution in [0.5, 0.6) is 17.2 Å². The number of hydrogen-bond acceptors (Lipinski definition) is 4. The third-order valence-electron chi connectivity index (χ3n) is 3.11. The maximum Gasteiger partial charge on any atom is 0.189 e. The van der Waals surface area contributed by atoms with Gasteiger partial charge in [-0.3, -0.25) is 4.98 Å². The Hall–Kier alpha value is -2.82. The third kappa shape index (κ3) is 2.33. The van der Waals surface area contributed by atoms with Crippen molar-refractivity contribution < 1.29 is 13.9 Å². The number of benzene rings is 2. The molecule has 0 saturated carbocycles. The lowest BCUT2D eigenvalue weighted by Crippen LogP contribution is -1.97. The van der Waals surface area contributed by atoms with Gasteiger partial charge in [0, 0.05) is 23.3 Å². The van der Waals surface area contributed by atoms with Gasteiger partial charge in [-0.15, -0.1) is 0 Å². The van der Waals surface area contributed by atoms with Gasteiger partial charge in [0.25, 0.3) is 0 Å². The van der Waals surface area contributed by atoms with Crippen LogP contribution >= 0.6 is 0 Å². The van der Waals surface area contributed by atoms with Crippen molar-refractivity contribution in [1.29, 1.82) is 0 Å². The average Bonchev–Trinajstić information content (AvgIpc) is 2.52. The Morgan fingerprint density at radius 2 is 1.86 bits per heavy atom. The van der Waals surface area contributed by atoms with E-state index >= 15 is 0 Å². The normalized spacial score (nSPS) is 10.6. The lowest BCUT2D eigenvalue weighted by molar-refractivity contribution is 0.372. The van der Waals surface area contributed by atoms with E-state index in [1.54, 1.807) is 42.6 Å². The molecule has 4 nitrogen and oxygen atoms in total. The molecule has 0 saturated heterocycles. The zero-order chi connectivity index (χ0) is 14.8. The molecule has 0 radical (unpaired) electrons. The monoisotopic (exact) mass is 284 g/mol. The molecule has 5 heteroatoms. The van der Waals surface area contributed by atoms with E-state index in [0.717, 1.165) is 0 Å². The van der Waals surface area contributed by atoms with Gasteiger partial charge in [0.15, 0.2) is 23.1 Å².